The first-order valence-corrected chi connectivity index (χ1v) is 5.92. The van der Waals surface area contributed by atoms with Gasteiger partial charge in [0.05, 0.1) is 11.1 Å². The maximum absolute atomic E-state index is 12.4. The van der Waals surface area contributed by atoms with Crippen LogP contribution >= 0.6 is 0 Å². The van der Waals surface area contributed by atoms with Crippen molar-refractivity contribution >= 4 is 11.5 Å². The second-order valence-electron chi connectivity index (χ2n) is 4.89. The molecule has 0 fully saturated rings. The Kier molecular flexibility index (Phi) is 2.00. The Labute approximate surface area is 95.4 Å². The summed E-state index contributed by atoms with van der Waals surface area (Å²) >= 11 is 0. The fourth-order valence-corrected chi connectivity index (χ4v) is 2.86. The Hall–Kier alpha value is -1.44. The molecule has 0 amide bonds. The Morgan fingerprint density at radius 2 is 1.94 bits per heavy atom. The molecule has 2 heteroatoms. The van der Waals surface area contributed by atoms with Crippen molar-refractivity contribution in [3.8, 4) is 0 Å². The third-order valence-electron chi connectivity index (χ3n) is 3.81. The van der Waals surface area contributed by atoms with Gasteiger partial charge in [0.25, 0.3) is 0 Å². The van der Waals surface area contributed by atoms with Gasteiger partial charge in [-0.2, -0.15) is 0 Å². The third kappa shape index (κ3) is 1.13. The maximum atomic E-state index is 12.4. The number of benzene rings is 1. The van der Waals surface area contributed by atoms with Crippen LogP contribution < -0.4 is 0 Å². The largest absolute Gasteiger partial charge is 0.293 e. The van der Waals surface area contributed by atoms with Gasteiger partial charge < -0.3 is 0 Å². The SMILES string of the molecule is C[C@]12CCCCN=C1c1ccccc1C2=O. The summed E-state index contributed by atoms with van der Waals surface area (Å²) in [6, 6.07) is 7.89. The zero-order valence-electron chi connectivity index (χ0n) is 9.49. The molecule has 1 heterocycles. The Morgan fingerprint density at radius 1 is 1.19 bits per heavy atom. The molecule has 2 nitrogen and oxygen atoms in total. The number of hydrogen-bond donors (Lipinski definition) is 0. The lowest BCUT2D eigenvalue weighted by Crippen LogP contribution is -2.29. The van der Waals surface area contributed by atoms with Gasteiger partial charge in [0, 0.05) is 17.7 Å². The normalized spacial score (nSPS) is 28.1. The van der Waals surface area contributed by atoms with Gasteiger partial charge in [-0.15, -0.1) is 0 Å². The van der Waals surface area contributed by atoms with Crippen LogP contribution in [0.25, 0.3) is 0 Å². The van der Waals surface area contributed by atoms with Gasteiger partial charge in [0.2, 0.25) is 0 Å². The summed E-state index contributed by atoms with van der Waals surface area (Å²) in [5, 5.41) is 0. The average Bonchev–Trinajstić information content (AvgIpc) is 2.46. The van der Waals surface area contributed by atoms with Crippen molar-refractivity contribution < 1.29 is 4.79 Å². The van der Waals surface area contributed by atoms with Crippen LogP contribution in [-0.4, -0.2) is 18.0 Å². The number of fused-ring (bicyclic) bond motifs is 3. The van der Waals surface area contributed by atoms with Crippen LogP contribution in [0.4, 0.5) is 0 Å². The third-order valence-corrected chi connectivity index (χ3v) is 3.81. The monoisotopic (exact) mass is 213 g/mol. The molecule has 1 aliphatic heterocycles. The fraction of sp³-hybridized carbons (Fsp3) is 0.429. The number of ketones is 1. The first-order chi connectivity index (χ1) is 7.73. The number of carbonyl (C=O) groups excluding carboxylic acids is 1. The van der Waals surface area contributed by atoms with Crippen molar-refractivity contribution in [1.82, 2.24) is 0 Å². The van der Waals surface area contributed by atoms with E-state index in [0.29, 0.717) is 0 Å². The lowest BCUT2D eigenvalue weighted by molar-refractivity contribution is 0.0889. The number of carbonyl (C=O) groups is 1. The minimum Gasteiger partial charge on any atom is -0.293 e. The van der Waals surface area contributed by atoms with Crippen LogP contribution in [0.3, 0.4) is 0 Å². The predicted octanol–water partition coefficient (Wildman–Crippen LogP) is 2.86. The van der Waals surface area contributed by atoms with Crippen LogP contribution in [0.15, 0.2) is 29.3 Å². The molecule has 1 aliphatic carbocycles. The van der Waals surface area contributed by atoms with Gasteiger partial charge in [-0.05, 0) is 19.8 Å². The highest BCUT2D eigenvalue weighted by Crippen LogP contribution is 2.42. The topological polar surface area (TPSA) is 29.4 Å². The molecule has 1 aromatic carbocycles. The van der Waals surface area contributed by atoms with Crippen LogP contribution in [-0.2, 0) is 0 Å². The van der Waals surface area contributed by atoms with Crippen LogP contribution in [0.1, 0.15) is 42.1 Å². The van der Waals surface area contributed by atoms with Gasteiger partial charge in [0.15, 0.2) is 5.78 Å². The average molecular weight is 213 g/mol. The van der Waals surface area contributed by atoms with Gasteiger partial charge in [-0.3, -0.25) is 9.79 Å². The zero-order valence-corrected chi connectivity index (χ0v) is 9.49. The van der Waals surface area contributed by atoms with E-state index in [2.05, 4.69) is 11.9 Å². The molecule has 1 aromatic rings. The summed E-state index contributed by atoms with van der Waals surface area (Å²) in [5.74, 6) is 0.267. The lowest BCUT2D eigenvalue weighted by Gasteiger charge is -2.21. The van der Waals surface area contributed by atoms with Crippen molar-refractivity contribution in [2.45, 2.75) is 26.2 Å². The van der Waals surface area contributed by atoms with E-state index in [1.54, 1.807) is 0 Å². The highest BCUT2D eigenvalue weighted by Gasteiger charge is 2.46. The molecule has 16 heavy (non-hydrogen) atoms. The summed E-state index contributed by atoms with van der Waals surface area (Å²) in [6.45, 7) is 2.92. The second-order valence-corrected chi connectivity index (χ2v) is 4.89. The van der Waals surface area contributed by atoms with E-state index in [9.17, 15) is 4.79 Å². The molecule has 2 aliphatic rings. The minimum absolute atomic E-state index is 0.267. The summed E-state index contributed by atoms with van der Waals surface area (Å²) in [4.78, 5) is 17.1. The molecule has 0 unspecified atom stereocenters. The van der Waals surface area contributed by atoms with Crippen LogP contribution in [0, 0.1) is 5.41 Å². The Bertz CT molecular complexity index is 489. The number of hydrogen-bond acceptors (Lipinski definition) is 2. The number of nitrogens with zero attached hydrogens (tertiary/aromatic N) is 1. The molecule has 3 rings (SSSR count). The molecule has 0 aromatic heterocycles. The fourth-order valence-electron chi connectivity index (χ4n) is 2.86. The van der Waals surface area contributed by atoms with E-state index in [4.69, 9.17) is 0 Å². The highest BCUT2D eigenvalue weighted by molar-refractivity contribution is 6.31. The minimum atomic E-state index is -0.347. The molecular formula is C14H15NO. The summed E-state index contributed by atoms with van der Waals surface area (Å²) < 4.78 is 0. The van der Waals surface area contributed by atoms with E-state index in [1.165, 1.54) is 0 Å². The highest BCUT2D eigenvalue weighted by atomic mass is 16.1. The molecule has 82 valence electrons. The zero-order chi connectivity index (χ0) is 11.2. The summed E-state index contributed by atoms with van der Waals surface area (Å²) in [6.07, 6.45) is 3.15. The van der Waals surface area contributed by atoms with Crippen molar-refractivity contribution in [1.29, 1.82) is 0 Å². The molecule has 0 radical (unpaired) electrons. The van der Waals surface area contributed by atoms with E-state index >= 15 is 0 Å². The van der Waals surface area contributed by atoms with Crippen LogP contribution in [0.5, 0.6) is 0 Å². The number of Topliss-reactive ketones (excluding diaryl/α,β-unsaturated/α-hetero) is 1. The van der Waals surface area contributed by atoms with E-state index in [0.717, 1.165) is 42.6 Å². The van der Waals surface area contributed by atoms with E-state index in [-0.39, 0.29) is 11.2 Å². The van der Waals surface area contributed by atoms with Crippen LogP contribution in [0.2, 0.25) is 0 Å². The summed E-state index contributed by atoms with van der Waals surface area (Å²) in [7, 11) is 0. The molecule has 0 N–H and O–H groups in total. The van der Waals surface area contributed by atoms with E-state index in [1.807, 2.05) is 24.3 Å². The number of aliphatic imine (C=N–C) groups is 1. The second kappa shape index (κ2) is 3.27. The first kappa shape index (κ1) is 9.76. The standard InChI is InChI=1S/C14H15NO/c1-14-8-4-5-9-15-12(14)10-6-2-3-7-11(10)13(14)16/h2-3,6-7H,4-5,8-9H2,1H3/t14-/m0/s1. The molecule has 0 spiro atoms. The van der Waals surface area contributed by atoms with Gasteiger partial charge >= 0.3 is 0 Å². The molecule has 1 atom stereocenters. The Morgan fingerprint density at radius 3 is 2.75 bits per heavy atom. The van der Waals surface area contributed by atoms with Crippen molar-refractivity contribution in [3.63, 3.8) is 0 Å². The quantitative estimate of drug-likeness (QED) is 0.651. The summed E-state index contributed by atoms with van der Waals surface area (Å²) in [5.41, 5.74) is 2.62. The lowest BCUT2D eigenvalue weighted by atomic mass is 9.80. The van der Waals surface area contributed by atoms with Crippen molar-refractivity contribution in [2.75, 3.05) is 6.54 Å². The first-order valence-electron chi connectivity index (χ1n) is 5.92. The van der Waals surface area contributed by atoms with Gasteiger partial charge in [0.1, 0.15) is 0 Å². The molecule has 0 saturated carbocycles. The van der Waals surface area contributed by atoms with Gasteiger partial charge in [-0.25, -0.2) is 0 Å². The predicted molar refractivity (Wildman–Crippen MR) is 64.1 cm³/mol. The molecular weight excluding hydrogens is 198 g/mol. The molecule has 0 saturated heterocycles. The van der Waals surface area contributed by atoms with Crippen molar-refractivity contribution in [2.24, 2.45) is 10.4 Å². The Balaban J connectivity index is 2.24. The van der Waals surface area contributed by atoms with Crippen molar-refractivity contribution in [3.05, 3.63) is 35.4 Å². The maximum Gasteiger partial charge on any atom is 0.175 e. The van der Waals surface area contributed by atoms with E-state index < -0.39 is 0 Å². The van der Waals surface area contributed by atoms with Gasteiger partial charge in [-0.1, -0.05) is 30.7 Å². The molecule has 0 bridgehead atoms. The smallest absolute Gasteiger partial charge is 0.175 e. The number of rotatable bonds is 0.